The Hall–Kier alpha value is -0.770. The zero-order valence-electron chi connectivity index (χ0n) is 11.6. The average molecular weight is 254 g/mol. The Morgan fingerprint density at radius 3 is 2.72 bits per heavy atom. The number of rotatable bonds is 6. The minimum atomic E-state index is -0.0231. The Labute approximate surface area is 110 Å². The first-order valence-electron chi connectivity index (χ1n) is 7.30. The molecule has 0 spiro atoms. The van der Waals surface area contributed by atoms with Crippen LogP contribution in [0.3, 0.4) is 0 Å². The minimum absolute atomic E-state index is 0.0231. The SMILES string of the molecule is CC(C)C1OCCC1CNC(=O)NCCC1CC1. The summed E-state index contributed by atoms with van der Waals surface area (Å²) in [6, 6.07) is -0.0231. The van der Waals surface area contributed by atoms with Crippen molar-refractivity contribution in [3.63, 3.8) is 0 Å². The molecule has 2 N–H and O–H groups in total. The van der Waals surface area contributed by atoms with Crippen molar-refractivity contribution in [2.24, 2.45) is 17.8 Å². The fourth-order valence-corrected chi connectivity index (χ4v) is 2.69. The number of ether oxygens (including phenoxy) is 1. The molecule has 0 aromatic rings. The van der Waals surface area contributed by atoms with Gasteiger partial charge in [0, 0.05) is 25.6 Å². The largest absolute Gasteiger partial charge is 0.378 e. The lowest BCUT2D eigenvalue weighted by Gasteiger charge is -2.22. The highest BCUT2D eigenvalue weighted by molar-refractivity contribution is 5.73. The predicted octanol–water partition coefficient (Wildman–Crippen LogP) is 2.15. The summed E-state index contributed by atoms with van der Waals surface area (Å²) in [6.07, 6.45) is 5.19. The number of carbonyl (C=O) groups is 1. The van der Waals surface area contributed by atoms with Crippen LogP contribution in [-0.4, -0.2) is 31.8 Å². The van der Waals surface area contributed by atoms with Gasteiger partial charge in [0.05, 0.1) is 6.10 Å². The summed E-state index contributed by atoms with van der Waals surface area (Å²) in [5, 5.41) is 5.90. The van der Waals surface area contributed by atoms with Gasteiger partial charge in [-0.15, -0.1) is 0 Å². The van der Waals surface area contributed by atoms with E-state index >= 15 is 0 Å². The van der Waals surface area contributed by atoms with Gasteiger partial charge in [0.25, 0.3) is 0 Å². The summed E-state index contributed by atoms with van der Waals surface area (Å²) < 4.78 is 5.71. The normalized spacial score (nSPS) is 27.5. The van der Waals surface area contributed by atoms with Gasteiger partial charge < -0.3 is 15.4 Å². The molecule has 2 rings (SSSR count). The summed E-state index contributed by atoms with van der Waals surface area (Å²) in [5.74, 6) is 1.87. The lowest BCUT2D eigenvalue weighted by Crippen LogP contribution is -2.41. The van der Waals surface area contributed by atoms with E-state index in [4.69, 9.17) is 4.74 Å². The van der Waals surface area contributed by atoms with Gasteiger partial charge in [-0.05, 0) is 24.7 Å². The van der Waals surface area contributed by atoms with Crippen LogP contribution in [0.2, 0.25) is 0 Å². The Morgan fingerprint density at radius 1 is 1.28 bits per heavy atom. The Bertz CT molecular complexity index is 277. The van der Waals surface area contributed by atoms with Crippen molar-refractivity contribution in [3.8, 4) is 0 Å². The van der Waals surface area contributed by atoms with E-state index in [1.54, 1.807) is 0 Å². The average Bonchev–Trinajstić information content (AvgIpc) is 3.02. The molecule has 4 nitrogen and oxygen atoms in total. The number of nitrogens with one attached hydrogen (secondary N) is 2. The zero-order chi connectivity index (χ0) is 13.0. The molecule has 1 saturated carbocycles. The molecule has 18 heavy (non-hydrogen) atoms. The van der Waals surface area contributed by atoms with Crippen molar-refractivity contribution in [1.29, 1.82) is 0 Å². The molecule has 0 radical (unpaired) electrons. The highest BCUT2D eigenvalue weighted by Gasteiger charge is 2.30. The van der Waals surface area contributed by atoms with Gasteiger partial charge in [0.15, 0.2) is 0 Å². The zero-order valence-corrected chi connectivity index (χ0v) is 11.6. The second kappa shape index (κ2) is 6.41. The lowest BCUT2D eigenvalue weighted by molar-refractivity contribution is 0.0545. The van der Waals surface area contributed by atoms with E-state index < -0.39 is 0 Å². The number of carbonyl (C=O) groups excluding carboxylic acids is 1. The molecule has 2 unspecified atom stereocenters. The highest BCUT2D eigenvalue weighted by Crippen LogP contribution is 2.31. The molecule has 0 aromatic carbocycles. The summed E-state index contributed by atoms with van der Waals surface area (Å²) in [7, 11) is 0. The third kappa shape index (κ3) is 4.16. The van der Waals surface area contributed by atoms with Gasteiger partial charge in [-0.25, -0.2) is 4.79 Å². The van der Waals surface area contributed by atoms with Crippen LogP contribution in [0.25, 0.3) is 0 Å². The van der Waals surface area contributed by atoms with Crippen molar-refractivity contribution < 1.29 is 9.53 Å². The van der Waals surface area contributed by atoms with Crippen LogP contribution < -0.4 is 10.6 Å². The first-order chi connectivity index (χ1) is 8.66. The number of amides is 2. The van der Waals surface area contributed by atoms with E-state index in [1.165, 1.54) is 12.8 Å². The molecule has 0 bridgehead atoms. The van der Waals surface area contributed by atoms with Crippen LogP contribution in [0.1, 0.15) is 39.5 Å². The van der Waals surface area contributed by atoms with E-state index in [-0.39, 0.29) is 6.03 Å². The smallest absolute Gasteiger partial charge is 0.314 e. The molecule has 1 aliphatic carbocycles. The number of hydrogen-bond acceptors (Lipinski definition) is 2. The molecule has 1 saturated heterocycles. The van der Waals surface area contributed by atoms with Crippen molar-refractivity contribution in [3.05, 3.63) is 0 Å². The molecule has 104 valence electrons. The Kier molecular flexibility index (Phi) is 4.87. The minimum Gasteiger partial charge on any atom is -0.378 e. The summed E-state index contributed by atoms with van der Waals surface area (Å²) in [6.45, 7) is 6.74. The topological polar surface area (TPSA) is 50.4 Å². The number of hydrogen-bond donors (Lipinski definition) is 2. The maximum absolute atomic E-state index is 11.6. The van der Waals surface area contributed by atoms with E-state index in [0.717, 1.165) is 38.5 Å². The van der Waals surface area contributed by atoms with Crippen LogP contribution in [0.15, 0.2) is 0 Å². The third-order valence-electron chi connectivity index (χ3n) is 3.98. The molecular weight excluding hydrogens is 228 g/mol. The molecule has 2 atom stereocenters. The molecule has 1 aliphatic heterocycles. The van der Waals surface area contributed by atoms with E-state index in [1.807, 2.05) is 0 Å². The molecule has 0 aromatic heterocycles. The monoisotopic (exact) mass is 254 g/mol. The van der Waals surface area contributed by atoms with Crippen LogP contribution in [-0.2, 0) is 4.74 Å². The quantitative estimate of drug-likeness (QED) is 0.763. The van der Waals surface area contributed by atoms with Crippen LogP contribution >= 0.6 is 0 Å². The van der Waals surface area contributed by atoms with Crippen LogP contribution in [0, 0.1) is 17.8 Å². The van der Waals surface area contributed by atoms with E-state index in [0.29, 0.717) is 17.9 Å². The van der Waals surface area contributed by atoms with Crippen molar-refractivity contribution in [2.75, 3.05) is 19.7 Å². The van der Waals surface area contributed by atoms with E-state index in [9.17, 15) is 4.79 Å². The van der Waals surface area contributed by atoms with Gasteiger partial charge in [0.2, 0.25) is 0 Å². The van der Waals surface area contributed by atoms with Gasteiger partial charge in [-0.1, -0.05) is 26.7 Å². The molecular formula is C14H26N2O2. The second-order valence-corrected chi connectivity index (χ2v) is 6.00. The summed E-state index contributed by atoms with van der Waals surface area (Å²) in [4.78, 5) is 11.6. The summed E-state index contributed by atoms with van der Waals surface area (Å²) >= 11 is 0. The van der Waals surface area contributed by atoms with Crippen LogP contribution in [0.4, 0.5) is 4.79 Å². The fourth-order valence-electron chi connectivity index (χ4n) is 2.69. The summed E-state index contributed by atoms with van der Waals surface area (Å²) in [5.41, 5.74) is 0. The lowest BCUT2D eigenvalue weighted by atomic mass is 9.93. The Morgan fingerprint density at radius 2 is 2.06 bits per heavy atom. The van der Waals surface area contributed by atoms with Gasteiger partial charge in [-0.2, -0.15) is 0 Å². The van der Waals surface area contributed by atoms with Gasteiger partial charge in [0.1, 0.15) is 0 Å². The van der Waals surface area contributed by atoms with Crippen molar-refractivity contribution in [1.82, 2.24) is 10.6 Å². The first kappa shape index (κ1) is 13.7. The molecule has 1 heterocycles. The maximum atomic E-state index is 11.6. The van der Waals surface area contributed by atoms with Gasteiger partial charge in [-0.3, -0.25) is 0 Å². The molecule has 4 heteroatoms. The van der Waals surface area contributed by atoms with Crippen molar-refractivity contribution in [2.45, 2.75) is 45.6 Å². The maximum Gasteiger partial charge on any atom is 0.314 e. The van der Waals surface area contributed by atoms with Crippen LogP contribution in [0.5, 0.6) is 0 Å². The molecule has 2 amide bonds. The van der Waals surface area contributed by atoms with E-state index in [2.05, 4.69) is 24.5 Å². The van der Waals surface area contributed by atoms with Gasteiger partial charge >= 0.3 is 6.03 Å². The molecule has 2 fully saturated rings. The Balaban J connectivity index is 1.59. The standard InChI is InChI=1S/C14H26N2O2/c1-10(2)13-12(6-8-18-13)9-16-14(17)15-7-5-11-3-4-11/h10-13H,3-9H2,1-2H3,(H2,15,16,17). The number of urea groups is 1. The predicted molar refractivity (Wildman–Crippen MR) is 71.4 cm³/mol. The molecule has 2 aliphatic rings. The third-order valence-corrected chi connectivity index (χ3v) is 3.98. The fraction of sp³-hybridized carbons (Fsp3) is 0.929. The highest BCUT2D eigenvalue weighted by atomic mass is 16.5. The first-order valence-corrected chi connectivity index (χ1v) is 7.30. The van der Waals surface area contributed by atoms with Crippen molar-refractivity contribution >= 4 is 6.03 Å². The second-order valence-electron chi connectivity index (χ2n) is 6.00.